The summed E-state index contributed by atoms with van der Waals surface area (Å²) in [5.74, 6) is 0.758. The second kappa shape index (κ2) is 9.34. The average Bonchev–Trinajstić information content (AvgIpc) is 3.26. The lowest BCUT2D eigenvalue weighted by Crippen LogP contribution is -2.41. The van der Waals surface area contributed by atoms with Gasteiger partial charge in [-0.25, -0.2) is 4.79 Å². The molecule has 2 aromatic rings. The van der Waals surface area contributed by atoms with Crippen LogP contribution in [0, 0.1) is 5.92 Å². The Labute approximate surface area is 165 Å². The van der Waals surface area contributed by atoms with Gasteiger partial charge in [0.25, 0.3) is 11.1 Å². The van der Waals surface area contributed by atoms with Crippen LogP contribution in [0.3, 0.4) is 0 Å². The second-order valence-corrected chi connectivity index (χ2v) is 8.43. The van der Waals surface area contributed by atoms with Crippen molar-refractivity contribution in [2.24, 2.45) is 5.92 Å². The summed E-state index contributed by atoms with van der Waals surface area (Å²) in [5.41, 5.74) is 1.38. The van der Waals surface area contributed by atoms with Crippen LogP contribution in [-0.2, 0) is 22.4 Å². The van der Waals surface area contributed by atoms with E-state index in [1.54, 1.807) is 11.3 Å². The van der Waals surface area contributed by atoms with Gasteiger partial charge in [0.15, 0.2) is 0 Å². The zero-order valence-electron chi connectivity index (χ0n) is 15.2. The standard InChI is InChI=1S/C17H22N4O4S2/c1-10-3-4-12-11(7-10)8-13(27-12)15-20-21-17(25-15)26-9-14(22)19-16(23)18-5-6-24-2/h8,10H,3-7,9H2,1-2H3,(H2,18,19,22,23)/t10-/m1/s1. The molecule has 0 fully saturated rings. The van der Waals surface area contributed by atoms with Crippen molar-refractivity contribution in [1.29, 1.82) is 0 Å². The van der Waals surface area contributed by atoms with Crippen molar-refractivity contribution >= 4 is 35.0 Å². The fourth-order valence-electron chi connectivity index (χ4n) is 2.78. The van der Waals surface area contributed by atoms with E-state index in [1.165, 1.54) is 24.0 Å². The number of fused-ring (bicyclic) bond motifs is 1. The minimum Gasteiger partial charge on any atom is -0.410 e. The summed E-state index contributed by atoms with van der Waals surface area (Å²) in [6, 6.07) is 1.58. The Morgan fingerprint density at radius 2 is 2.30 bits per heavy atom. The maximum absolute atomic E-state index is 11.8. The Kier molecular flexibility index (Phi) is 6.86. The molecule has 3 amide bonds. The minimum absolute atomic E-state index is 0.0117. The first-order valence-corrected chi connectivity index (χ1v) is 10.5. The number of hydrogen-bond acceptors (Lipinski definition) is 8. The summed E-state index contributed by atoms with van der Waals surface area (Å²) in [5, 5.41) is 13.1. The quantitative estimate of drug-likeness (QED) is 0.533. The van der Waals surface area contributed by atoms with Gasteiger partial charge in [0.1, 0.15) is 0 Å². The number of thiophene rings is 1. The monoisotopic (exact) mass is 410 g/mol. The summed E-state index contributed by atoms with van der Waals surface area (Å²) in [4.78, 5) is 25.6. The molecule has 0 unspecified atom stereocenters. The zero-order chi connectivity index (χ0) is 19.2. The number of nitrogens with one attached hydrogen (secondary N) is 2. The lowest BCUT2D eigenvalue weighted by molar-refractivity contribution is -0.117. The van der Waals surface area contributed by atoms with E-state index in [4.69, 9.17) is 9.15 Å². The maximum atomic E-state index is 11.8. The molecule has 2 N–H and O–H groups in total. The van der Waals surface area contributed by atoms with Crippen LogP contribution in [0.15, 0.2) is 15.7 Å². The predicted octanol–water partition coefficient (Wildman–Crippen LogP) is 2.49. The molecule has 0 saturated heterocycles. The summed E-state index contributed by atoms with van der Waals surface area (Å²) < 4.78 is 10.5. The van der Waals surface area contributed by atoms with Crippen molar-refractivity contribution in [3.05, 3.63) is 16.5 Å². The van der Waals surface area contributed by atoms with Crippen molar-refractivity contribution in [1.82, 2.24) is 20.8 Å². The molecule has 10 heteroatoms. The van der Waals surface area contributed by atoms with Crippen LogP contribution in [0.4, 0.5) is 4.79 Å². The van der Waals surface area contributed by atoms with Gasteiger partial charge in [0.05, 0.1) is 17.2 Å². The summed E-state index contributed by atoms with van der Waals surface area (Å²) in [6.45, 7) is 2.98. The largest absolute Gasteiger partial charge is 0.410 e. The number of aromatic nitrogens is 2. The molecule has 0 saturated carbocycles. The maximum Gasteiger partial charge on any atom is 0.321 e. The number of urea groups is 1. The average molecular weight is 411 g/mol. The Morgan fingerprint density at radius 1 is 1.44 bits per heavy atom. The van der Waals surface area contributed by atoms with Crippen LogP contribution >= 0.6 is 23.1 Å². The van der Waals surface area contributed by atoms with Crippen LogP contribution in [0.1, 0.15) is 23.8 Å². The Hall–Kier alpha value is -1.91. The molecule has 27 heavy (non-hydrogen) atoms. The fraction of sp³-hybridized carbons (Fsp3) is 0.529. The predicted molar refractivity (Wildman–Crippen MR) is 103 cm³/mol. The Morgan fingerprint density at radius 3 is 3.11 bits per heavy atom. The van der Waals surface area contributed by atoms with Crippen molar-refractivity contribution in [2.45, 2.75) is 31.4 Å². The molecule has 0 radical (unpaired) electrons. The molecule has 8 nitrogen and oxygen atoms in total. The van der Waals surface area contributed by atoms with Gasteiger partial charge in [-0.3, -0.25) is 10.1 Å². The number of hydrogen-bond donors (Lipinski definition) is 2. The number of ether oxygens (including phenoxy) is 1. The van der Waals surface area contributed by atoms with E-state index in [2.05, 4.69) is 33.8 Å². The summed E-state index contributed by atoms with van der Waals surface area (Å²) in [7, 11) is 1.53. The van der Waals surface area contributed by atoms with Gasteiger partial charge in [0.2, 0.25) is 5.91 Å². The van der Waals surface area contributed by atoms with Gasteiger partial charge in [0, 0.05) is 18.5 Å². The van der Waals surface area contributed by atoms with E-state index in [1.807, 2.05) is 0 Å². The molecular formula is C17H22N4O4S2. The molecule has 0 aromatic carbocycles. The van der Waals surface area contributed by atoms with E-state index in [0.717, 1.165) is 29.5 Å². The molecule has 0 spiro atoms. The number of carbonyl (C=O) groups is 2. The SMILES string of the molecule is COCCNC(=O)NC(=O)CSc1nnc(-c2cc3c(s2)CC[C@@H](C)C3)o1. The molecular weight excluding hydrogens is 388 g/mol. The number of carbonyl (C=O) groups excluding carboxylic acids is 2. The highest BCUT2D eigenvalue weighted by Gasteiger charge is 2.21. The van der Waals surface area contributed by atoms with Crippen LogP contribution in [0.25, 0.3) is 10.8 Å². The second-order valence-electron chi connectivity index (χ2n) is 6.37. The third kappa shape index (κ3) is 5.53. The normalized spacial score (nSPS) is 16.0. The van der Waals surface area contributed by atoms with Gasteiger partial charge >= 0.3 is 6.03 Å². The third-order valence-electron chi connectivity index (χ3n) is 4.12. The Bertz CT molecular complexity index is 805. The first-order chi connectivity index (χ1) is 13.0. The minimum atomic E-state index is -0.553. The van der Waals surface area contributed by atoms with Gasteiger partial charge in [-0.1, -0.05) is 18.7 Å². The number of rotatable bonds is 7. The number of aryl methyl sites for hydroxylation is 1. The highest BCUT2D eigenvalue weighted by molar-refractivity contribution is 7.99. The molecule has 0 bridgehead atoms. The number of amides is 3. The van der Waals surface area contributed by atoms with Crippen LogP contribution in [0.2, 0.25) is 0 Å². The zero-order valence-corrected chi connectivity index (χ0v) is 16.9. The van der Waals surface area contributed by atoms with E-state index >= 15 is 0 Å². The molecule has 2 heterocycles. The van der Waals surface area contributed by atoms with E-state index in [0.29, 0.717) is 30.2 Å². The first kappa shape index (κ1) is 19.8. The van der Waals surface area contributed by atoms with Crippen LogP contribution in [-0.4, -0.2) is 48.1 Å². The van der Waals surface area contributed by atoms with Gasteiger partial charge in [-0.05, 0) is 36.8 Å². The van der Waals surface area contributed by atoms with Crippen LogP contribution < -0.4 is 10.6 Å². The number of imide groups is 1. The van der Waals surface area contributed by atoms with Crippen molar-refractivity contribution in [3.63, 3.8) is 0 Å². The molecule has 0 aliphatic heterocycles. The molecule has 1 aliphatic carbocycles. The van der Waals surface area contributed by atoms with Crippen molar-refractivity contribution < 1.29 is 18.7 Å². The lowest BCUT2D eigenvalue weighted by atomic mass is 9.90. The van der Waals surface area contributed by atoms with Gasteiger partial charge in [-0.2, -0.15) is 0 Å². The van der Waals surface area contributed by atoms with Crippen molar-refractivity contribution in [2.75, 3.05) is 26.0 Å². The molecule has 3 rings (SSSR count). The van der Waals surface area contributed by atoms with Gasteiger partial charge < -0.3 is 14.5 Å². The first-order valence-electron chi connectivity index (χ1n) is 8.70. The number of thioether (sulfide) groups is 1. The number of nitrogens with zero attached hydrogens (tertiary/aromatic N) is 2. The Balaban J connectivity index is 1.50. The van der Waals surface area contributed by atoms with Crippen LogP contribution in [0.5, 0.6) is 0 Å². The molecule has 146 valence electrons. The van der Waals surface area contributed by atoms with Crippen molar-refractivity contribution in [3.8, 4) is 10.8 Å². The summed E-state index contributed by atoms with van der Waals surface area (Å²) >= 11 is 2.80. The highest BCUT2D eigenvalue weighted by atomic mass is 32.2. The third-order valence-corrected chi connectivity index (χ3v) is 6.16. The topological polar surface area (TPSA) is 106 Å². The number of methoxy groups -OCH3 is 1. The summed E-state index contributed by atoms with van der Waals surface area (Å²) in [6.07, 6.45) is 3.41. The lowest BCUT2D eigenvalue weighted by Gasteiger charge is -2.16. The van der Waals surface area contributed by atoms with E-state index in [9.17, 15) is 9.59 Å². The highest BCUT2D eigenvalue weighted by Crippen LogP contribution is 2.37. The smallest absolute Gasteiger partial charge is 0.321 e. The van der Waals surface area contributed by atoms with Gasteiger partial charge in [-0.15, -0.1) is 21.5 Å². The fourth-order valence-corrected chi connectivity index (χ4v) is 4.47. The molecule has 1 atom stereocenters. The van der Waals surface area contributed by atoms with E-state index in [-0.39, 0.29) is 5.75 Å². The molecule has 2 aromatic heterocycles. The van der Waals surface area contributed by atoms with E-state index < -0.39 is 11.9 Å². The molecule has 1 aliphatic rings.